The third kappa shape index (κ3) is 4.00. The standard InChI is InChI=1S/C21H24ClN5O2/c1-3-4-9-27-17-8-10-26(18-12-23-25-20(28)19(18)22)13-16(17)24-21(27)29-15-7-5-6-14(2)11-15/h5-7,11-12H,3-4,8-10,13H2,1-2H3,(H,25,28). The number of imidazole rings is 1. The second-order valence-electron chi connectivity index (χ2n) is 7.28. The molecule has 1 N–H and O–H groups in total. The average Bonchev–Trinajstić information content (AvgIpc) is 3.04. The molecule has 29 heavy (non-hydrogen) atoms. The first-order chi connectivity index (χ1) is 14.1. The van der Waals surface area contributed by atoms with Crippen molar-refractivity contribution in [3.8, 4) is 11.8 Å². The predicted molar refractivity (Wildman–Crippen MR) is 113 cm³/mol. The molecule has 0 spiro atoms. The number of anilines is 1. The van der Waals surface area contributed by atoms with Crippen LogP contribution in [0.4, 0.5) is 5.69 Å². The van der Waals surface area contributed by atoms with Gasteiger partial charge in [0.1, 0.15) is 10.8 Å². The van der Waals surface area contributed by atoms with E-state index >= 15 is 0 Å². The van der Waals surface area contributed by atoms with Gasteiger partial charge in [-0.15, -0.1) is 0 Å². The summed E-state index contributed by atoms with van der Waals surface area (Å²) in [5, 5.41) is 6.41. The van der Waals surface area contributed by atoms with E-state index in [0.717, 1.165) is 49.4 Å². The minimum absolute atomic E-state index is 0.157. The second kappa shape index (κ2) is 8.29. The molecule has 0 saturated heterocycles. The summed E-state index contributed by atoms with van der Waals surface area (Å²) >= 11 is 6.21. The number of halogens is 1. The third-order valence-electron chi connectivity index (χ3n) is 5.13. The number of unbranched alkanes of at least 4 members (excludes halogenated alkanes) is 1. The first-order valence-corrected chi connectivity index (χ1v) is 10.3. The van der Waals surface area contributed by atoms with E-state index in [9.17, 15) is 4.79 Å². The molecule has 4 rings (SSSR count). The lowest BCUT2D eigenvalue weighted by molar-refractivity contribution is 0.403. The molecule has 0 atom stereocenters. The summed E-state index contributed by atoms with van der Waals surface area (Å²) in [6, 6.07) is 8.59. The number of aromatic nitrogens is 4. The molecule has 1 aliphatic rings. The largest absolute Gasteiger partial charge is 0.425 e. The number of H-pyrrole nitrogens is 1. The molecule has 3 heterocycles. The van der Waals surface area contributed by atoms with Gasteiger partial charge in [-0.25, -0.2) is 5.10 Å². The Morgan fingerprint density at radius 1 is 1.34 bits per heavy atom. The van der Waals surface area contributed by atoms with Gasteiger partial charge in [-0.3, -0.25) is 9.36 Å². The zero-order valence-corrected chi connectivity index (χ0v) is 17.4. The number of aryl methyl sites for hydroxylation is 1. The zero-order valence-electron chi connectivity index (χ0n) is 16.6. The molecule has 0 fully saturated rings. The Labute approximate surface area is 174 Å². The minimum Gasteiger partial charge on any atom is -0.425 e. The highest BCUT2D eigenvalue weighted by Crippen LogP contribution is 2.31. The summed E-state index contributed by atoms with van der Waals surface area (Å²) in [5.41, 5.74) is 3.52. The normalized spacial score (nSPS) is 13.4. The molecule has 152 valence electrons. The van der Waals surface area contributed by atoms with Crippen molar-refractivity contribution in [3.05, 3.63) is 62.8 Å². The van der Waals surface area contributed by atoms with E-state index in [4.69, 9.17) is 21.3 Å². The SMILES string of the molecule is CCCCn1c(Oc2cccc(C)c2)nc2c1CCN(c1cn[nH]c(=O)c1Cl)C2. The molecule has 1 aromatic carbocycles. The minimum atomic E-state index is -0.382. The molecule has 0 unspecified atom stereocenters. The van der Waals surface area contributed by atoms with Crippen LogP contribution in [0.3, 0.4) is 0 Å². The van der Waals surface area contributed by atoms with Crippen LogP contribution in [-0.4, -0.2) is 26.3 Å². The fourth-order valence-corrected chi connectivity index (χ4v) is 3.84. The topological polar surface area (TPSA) is 76.0 Å². The van der Waals surface area contributed by atoms with Crippen molar-refractivity contribution in [2.45, 2.75) is 46.2 Å². The summed E-state index contributed by atoms with van der Waals surface area (Å²) in [7, 11) is 0. The molecular formula is C21H24ClN5O2. The Kier molecular flexibility index (Phi) is 5.58. The molecule has 0 amide bonds. The van der Waals surface area contributed by atoms with Crippen LogP contribution >= 0.6 is 11.6 Å². The number of aromatic amines is 1. The summed E-state index contributed by atoms with van der Waals surface area (Å²) < 4.78 is 8.35. The lowest BCUT2D eigenvalue weighted by Crippen LogP contribution is -2.32. The van der Waals surface area contributed by atoms with Crippen LogP contribution in [0.2, 0.25) is 5.02 Å². The Hall–Kier alpha value is -2.80. The number of nitrogens with zero attached hydrogens (tertiary/aromatic N) is 4. The predicted octanol–water partition coefficient (Wildman–Crippen LogP) is 4.08. The van der Waals surface area contributed by atoms with E-state index in [-0.39, 0.29) is 10.6 Å². The summed E-state index contributed by atoms with van der Waals surface area (Å²) in [5.74, 6) is 0.781. The molecule has 0 saturated carbocycles. The fraction of sp³-hybridized carbons (Fsp3) is 0.381. The van der Waals surface area contributed by atoms with Gasteiger partial charge in [0.05, 0.1) is 24.1 Å². The highest BCUT2D eigenvalue weighted by Gasteiger charge is 2.26. The molecule has 0 bridgehead atoms. The Morgan fingerprint density at radius 2 is 2.21 bits per heavy atom. The molecular weight excluding hydrogens is 390 g/mol. The Bertz CT molecular complexity index is 1080. The molecule has 0 radical (unpaired) electrons. The van der Waals surface area contributed by atoms with Crippen molar-refractivity contribution < 1.29 is 4.74 Å². The van der Waals surface area contributed by atoms with Crippen molar-refractivity contribution in [2.24, 2.45) is 0 Å². The third-order valence-corrected chi connectivity index (χ3v) is 5.50. The van der Waals surface area contributed by atoms with Crippen molar-refractivity contribution in [2.75, 3.05) is 11.4 Å². The molecule has 0 aliphatic carbocycles. The maximum Gasteiger partial charge on any atom is 0.302 e. The van der Waals surface area contributed by atoms with Crippen LogP contribution < -0.4 is 15.2 Å². The first-order valence-electron chi connectivity index (χ1n) is 9.87. The van der Waals surface area contributed by atoms with Crippen LogP contribution in [0.25, 0.3) is 0 Å². The molecule has 3 aromatic rings. The molecule has 8 heteroatoms. The van der Waals surface area contributed by atoms with E-state index in [1.54, 1.807) is 6.20 Å². The van der Waals surface area contributed by atoms with Gasteiger partial charge in [0.25, 0.3) is 5.56 Å². The fourth-order valence-electron chi connectivity index (χ4n) is 3.63. The number of hydrogen-bond acceptors (Lipinski definition) is 5. The lowest BCUT2D eigenvalue weighted by atomic mass is 10.1. The second-order valence-corrected chi connectivity index (χ2v) is 7.66. The van der Waals surface area contributed by atoms with Gasteiger partial charge in [0, 0.05) is 25.2 Å². The van der Waals surface area contributed by atoms with Gasteiger partial charge in [0.2, 0.25) is 0 Å². The number of ether oxygens (including phenoxy) is 1. The lowest BCUT2D eigenvalue weighted by Gasteiger charge is -2.28. The van der Waals surface area contributed by atoms with E-state index in [1.165, 1.54) is 5.69 Å². The Balaban J connectivity index is 1.66. The quantitative estimate of drug-likeness (QED) is 0.658. The number of nitrogens with one attached hydrogen (secondary N) is 1. The van der Waals surface area contributed by atoms with Gasteiger partial charge in [-0.1, -0.05) is 37.1 Å². The summed E-state index contributed by atoms with van der Waals surface area (Å²) in [4.78, 5) is 18.7. The van der Waals surface area contributed by atoms with Gasteiger partial charge in [-0.05, 0) is 31.0 Å². The van der Waals surface area contributed by atoms with Crippen molar-refractivity contribution in [3.63, 3.8) is 0 Å². The molecule has 1 aliphatic heterocycles. The van der Waals surface area contributed by atoms with Crippen LogP contribution in [0.15, 0.2) is 35.3 Å². The number of rotatable bonds is 6. The van der Waals surface area contributed by atoms with Crippen LogP contribution in [0.1, 0.15) is 36.7 Å². The van der Waals surface area contributed by atoms with E-state index in [0.29, 0.717) is 18.2 Å². The van der Waals surface area contributed by atoms with Crippen LogP contribution in [0, 0.1) is 6.92 Å². The zero-order chi connectivity index (χ0) is 20.4. The number of benzene rings is 1. The number of fused-ring (bicyclic) bond motifs is 1. The average molecular weight is 414 g/mol. The van der Waals surface area contributed by atoms with Crippen molar-refractivity contribution in [1.29, 1.82) is 0 Å². The number of hydrogen-bond donors (Lipinski definition) is 1. The van der Waals surface area contributed by atoms with Gasteiger partial charge >= 0.3 is 6.01 Å². The molecule has 2 aromatic heterocycles. The smallest absolute Gasteiger partial charge is 0.302 e. The maximum absolute atomic E-state index is 11.8. The van der Waals surface area contributed by atoms with Gasteiger partial charge < -0.3 is 9.64 Å². The highest BCUT2D eigenvalue weighted by atomic mass is 35.5. The van der Waals surface area contributed by atoms with E-state index < -0.39 is 0 Å². The monoisotopic (exact) mass is 413 g/mol. The van der Waals surface area contributed by atoms with Crippen LogP contribution in [0.5, 0.6) is 11.8 Å². The summed E-state index contributed by atoms with van der Waals surface area (Å²) in [6.07, 6.45) is 4.54. The van der Waals surface area contributed by atoms with Crippen molar-refractivity contribution in [1.82, 2.24) is 19.7 Å². The van der Waals surface area contributed by atoms with Gasteiger partial charge in [-0.2, -0.15) is 10.1 Å². The van der Waals surface area contributed by atoms with E-state index in [1.807, 2.05) is 36.1 Å². The van der Waals surface area contributed by atoms with E-state index in [2.05, 4.69) is 21.7 Å². The maximum atomic E-state index is 11.8. The van der Waals surface area contributed by atoms with Crippen molar-refractivity contribution >= 4 is 17.3 Å². The molecule has 7 nitrogen and oxygen atoms in total. The highest BCUT2D eigenvalue weighted by molar-refractivity contribution is 6.32. The Morgan fingerprint density at radius 3 is 3.00 bits per heavy atom. The van der Waals surface area contributed by atoms with Crippen LogP contribution in [-0.2, 0) is 19.5 Å². The van der Waals surface area contributed by atoms with Gasteiger partial charge in [0.15, 0.2) is 0 Å². The summed E-state index contributed by atoms with van der Waals surface area (Å²) in [6.45, 7) is 6.38. The first kappa shape index (κ1) is 19.5.